The van der Waals surface area contributed by atoms with E-state index in [4.69, 9.17) is 14.4 Å². The fourth-order valence-corrected chi connectivity index (χ4v) is 1.90. The van der Waals surface area contributed by atoms with Gasteiger partial charge in [0, 0.05) is 14.2 Å². The van der Waals surface area contributed by atoms with E-state index in [1.807, 2.05) is 0 Å². The average molecular weight is 337 g/mol. The molecule has 1 unspecified atom stereocenters. The van der Waals surface area contributed by atoms with Crippen LogP contribution in [-0.2, 0) is 11.3 Å². The normalized spacial score (nSPS) is 12.0. The Kier molecular flexibility index (Phi) is 5.24. The van der Waals surface area contributed by atoms with Crippen LogP contribution in [-0.4, -0.2) is 46.2 Å². The van der Waals surface area contributed by atoms with Gasteiger partial charge in [-0.1, -0.05) is 5.16 Å². The highest BCUT2D eigenvalue weighted by atomic mass is 19.1. The second-order valence-electron chi connectivity index (χ2n) is 5.09. The number of carbonyl (C=O) groups excluding carboxylic acids is 1. The third-order valence-corrected chi connectivity index (χ3v) is 3.37. The van der Waals surface area contributed by atoms with Crippen LogP contribution in [0.2, 0.25) is 0 Å². The van der Waals surface area contributed by atoms with Crippen molar-refractivity contribution < 1.29 is 28.3 Å². The van der Waals surface area contributed by atoms with Gasteiger partial charge in [-0.15, -0.1) is 0 Å². The maximum atomic E-state index is 13.9. The number of hydrogen-bond acceptors (Lipinski definition) is 6. The fraction of sp³-hybridized carbons (Fsp3) is 0.333. The summed E-state index contributed by atoms with van der Waals surface area (Å²) in [4.78, 5) is 28.3. The van der Waals surface area contributed by atoms with Gasteiger partial charge in [0.15, 0.2) is 5.82 Å². The van der Waals surface area contributed by atoms with Crippen LogP contribution in [0, 0.1) is 5.82 Å². The van der Waals surface area contributed by atoms with E-state index in [0.29, 0.717) is 5.82 Å². The number of ether oxygens (including phenoxy) is 1. The summed E-state index contributed by atoms with van der Waals surface area (Å²) in [6.45, 7) is 1.71. The topological polar surface area (TPSA) is 106 Å². The SMILES string of the molecule is COC(C)c1noc(CN(C)C(=O)c2ccc(C(=O)O)cc2F)n1. The number of carbonyl (C=O) groups is 2. The van der Waals surface area contributed by atoms with Crippen molar-refractivity contribution >= 4 is 11.9 Å². The van der Waals surface area contributed by atoms with Crippen LogP contribution in [0.4, 0.5) is 4.39 Å². The highest BCUT2D eigenvalue weighted by molar-refractivity contribution is 5.96. The van der Waals surface area contributed by atoms with E-state index in [1.54, 1.807) is 6.92 Å². The maximum Gasteiger partial charge on any atom is 0.335 e. The van der Waals surface area contributed by atoms with Gasteiger partial charge in [-0.25, -0.2) is 9.18 Å². The van der Waals surface area contributed by atoms with Crippen molar-refractivity contribution in [3.63, 3.8) is 0 Å². The molecule has 2 aromatic rings. The van der Waals surface area contributed by atoms with Gasteiger partial charge in [0.1, 0.15) is 11.9 Å². The molecule has 0 saturated heterocycles. The van der Waals surface area contributed by atoms with Crippen molar-refractivity contribution in [2.24, 2.45) is 0 Å². The van der Waals surface area contributed by atoms with E-state index in [-0.39, 0.29) is 29.7 Å². The summed E-state index contributed by atoms with van der Waals surface area (Å²) in [6.07, 6.45) is -0.357. The molecule has 1 N–H and O–H groups in total. The zero-order chi connectivity index (χ0) is 17.9. The van der Waals surface area contributed by atoms with E-state index in [9.17, 15) is 14.0 Å². The molecule has 0 bridgehead atoms. The Morgan fingerprint density at radius 2 is 2.17 bits per heavy atom. The van der Waals surface area contributed by atoms with Crippen LogP contribution < -0.4 is 0 Å². The Morgan fingerprint density at radius 1 is 1.46 bits per heavy atom. The predicted octanol–water partition coefficient (Wildman–Crippen LogP) is 1.89. The first-order chi connectivity index (χ1) is 11.3. The molecule has 0 aliphatic heterocycles. The van der Waals surface area contributed by atoms with E-state index in [0.717, 1.165) is 18.2 Å². The first kappa shape index (κ1) is 17.5. The van der Waals surface area contributed by atoms with Gasteiger partial charge in [0.05, 0.1) is 17.7 Å². The van der Waals surface area contributed by atoms with E-state index in [2.05, 4.69) is 10.1 Å². The summed E-state index contributed by atoms with van der Waals surface area (Å²) in [7, 11) is 2.94. The van der Waals surface area contributed by atoms with E-state index < -0.39 is 17.7 Å². The monoisotopic (exact) mass is 337 g/mol. The Hall–Kier alpha value is -2.81. The first-order valence-corrected chi connectivity index (χ1v) is 6.97. The van der Waals surface area contributed by atoms with Crippen molar-refractivity contribution in [2.75, 3.05) is 14.2 Å². The standard InChI is InChI=1S/C15H16FN3O5/c1-8(23-3)13-17-12(24-18-13)7-19(2)14(20)10-5-4-9(15(21)22)6-11(10)16/h4-6,8H,7H2,1-3H3,(H,21,22). The molecule has 0 aliphatic carbocycles. The summed E-state index contributed by atoms with van der Waals surface area (Å²) in [6, 6.07) is 3.09. The maximum absolute atomic E-state index is 13.9. The number of benzene rings is 1. The Morgan fingerprint density at radius 3 is 2.75 bits per heavy atom. The summed E-state index contributed by atoms with van der Waals surface area (Å²) >= 11 is 0. The minimum atomic E-state index is -1.27. The molecule has 8 nitrogen and oxygen atoms in total. The van der Waals surface area contributed by atoms with Crippen molar-refractivity contribution in [1.29, 1.82) is 0 Å². The number of amides is 1. The van der Waals surface area contributed by atoms with Crippen LogP contribution in [0.25, 0.3) is 0 Å². The summed E-state index contributed by atoms with van der Waals surface area (Å²) in [5.41, 5.74) is -0.478. The Balaban J connectivity index is 2.12. The number of aromatic nitrogens is 2. The van der Waals surface area contributed by atoms with Gasteiger partial charge >= 0.3 is 5.97 Å². The highest BCUT2D eigenvalue weighted by Crippen LogP contribution is 2.15. The number of carboxylic acids is 1. The zero-order valence-corrected chi connectivity index (χ0v) is 13.3. The first-order valence-electron chi connectivity index (χ1n) is 6.97. The van der Waals surface area contributed by atoms with Crippen molar-refractivity contribution in [2.45, 2.75) is 19.6 Å². The Labute approximate surface area is 136 Å². The summed E-state index contributed by atoms with van der Waals surface area (Å²) < 4.78 is 24.0. The van der Waals surface area contributed by atoms with Gasteiger partial charge in [-0.2, -0.15) is 4.98 Å². The molecule has 1 amide bonds. The minimum Gasteiger partial charge on any atom is -0.478 e. The van der Waals surface area contributed by atoms with E-state index in [1.165, 1.54) is 19.1 Å². The molecule has 128 valence electrons. The quantitative estimate of drug-likeness (QED) is 0.858. The van der Waals surface area contributed by atoms with Gasteiger partial charge in [0.25, 0.3) is 5.91 Å². The third kappa shape index (κ3) is 3.74. The molecule has 0 radical (unpaired) electrons. The lowest BCUT2D eigenvalue weighted by atomic mass is 10.1. The number of nitrogens with zero attached hydrogens (tertiary/aromatic N) is 3. The highest BCUT2D eigenvalue weighted by Gasteiger charge is 2.21. The van der Waals surface area contributed by atoms with Crippen LogP contribution in [0.5, 0.6) is 0 Å². The van der Waals surface area contributed by atoms with Gasteiger partial charge in [-0.3, -0.25) is 4.79 Å². The number of halogens is 1. The second kappa shape index (κ2) is 7.18. The van der Waals surface area contributed by atoms with Crippen LogP contribution >= 0.6 is 0 Å². The third-order valence-electron chi connectivity index (χ3n) is 3.37. The molecular weight excluding hydrogens is 321 g/mol. The fourth-order valence-electron chi connectivity index (χ4n) is 1.90. The van der Waals surface area contributed by atoms with Crippen LogP contribution in [0.3, 0.4) is 0 Å². The smallest absolute Gasteiger partial charge is 0.335 e. The van der Waals surface area contributed by atoms with Crippen LogP contribution in [0.15, 0.2) is 22.7 Å². The molecule has 2 rings (SSSR count). The number of methoxy groups -OCH3 is 1. The van der Waals surface area contributed by atoms with Gasteiger partial charge in [0.2, 0.25) is 5.89 Å². The summed E-state index contributed by atoms with van der Waals surface area (Å²) in [5, 5.41) is 12.5. The lowest BCUT2D eigenvalue weighted by Crippen LogP contribution is -2.27. The molecule has 24 heavy (non-hydrogen) atoms. The minimum absolute atomic E-state index is 0.0254. The second-order valence-corrected chi connectivity index (χ2v) is 5.09. The van der Waals surface area contributed by atoms with Crippen molar-refractivity contribution in [3.05, 3.63) is 46.9 Å². The summed E-state index contributed by atoms with van der Waals surface area (Å²) in [5.74, 6) is -2.31. The van der Waals surface area contributed by atoms with Gasteiger partial charge < -0.3 is 19.3 Å². The molecule has 1 aromatic carbocycles. The van der Waals surface area contributed by atoms with E-state index >= 15 is 0 Å². The lowest BCUT2D eigenvalue weighted by Gasteiger charge is -2.15. The number of carboxylic acid groups (broad SMARTS) is 1. The zero-order valence-electron chi connectivity index (χ0n) is 13.3. The largest absolute Gasteiger partial charge is 0.478 e. The average Bonchev–Trinajstić information content (AvgIpc) is 3.01. The van der Waals surface area contributed by atoms with Crippen molar-refractivity contribution in [1.82, 2.24) is 15.0 Å². The lowest BCUT2D eigenvalue weighted by molar-refractivity contribution is 0.0693. The molecule has 9 heteroatoms. The number of hydrogen-bond donors (Lipinski definition) is 1. The van der Waals surface area contributed by atoms with Crippen LogP contribution in [0.1, 0.15) is 45.5 Å². The molecule has 1 aromatic heterocycles. The molecule has 1 atom stereocenters. The predicted molar refractivity (Wildman–Crippen MR) is 78.9 cm³/mol. The van der Waals surface area contributed by atoms with Gasteiger partial charge in [-0.05, 0) is 25.1 Å². The molecule has 0 spiro atoms. The Bertz CT molecular complexity index is 761. The number of rotatable bonds is 6. The van der Waals surface area contributed by atoms with Crippen molar-refractivity contribution in [3.8, 4) is 0 Å². The molecular formula is C15H16FN3O5. The molecule has 0 fully saturated rings. The molecule has 1 heterocycles. The number of aromatic carboxylic acids is 1. The molecule has 0 aliphatic rings. The molecule has 0 saturated carbocycles.